The van der Waals surface area contributed by atoms with E-state index in [2.05, 4.69) is 10.0 Å². The number of ether oxygens (including phenoxy) is 1. The van der Waals surface area contributed by atoms with E-state index in [4.69, 9.17) is 4.74 Å². The largest absolute Gasteiger partial charge is 0.462 e. The maximum atomic E-state index is 13.3. The predicted octanol–water partition coefficient (Wildman–Crippen LogP) is 4.16. The first-order valence-electron chi connectivity index (χ1n) is 12.6. The Hall–Kier alpha value is -4.27. The Balaban J connectivity index is 1.51. The molecule has 0 saturated heterocycles. The van der Waals surface area contributed by atoms with Gasteiger partial charge in [-0.2, -0.15) is 4.72 Å². The smallest absolute Gasteiger partial charge is 0.324 e. The summed E-state index contributed by atoms with van der Waals surface area (Å²) in [5.74, 6) is -1.02. The minimum atomic E-state index is -3.99. The van der Waals surface area contributed by atoms with Crippen molar-refractivity contribution in [2.75, 3.05) is 6.61 Å². The number of hydrogen-bond donors (Lipinski definition) is 2. The zero-order valence-corrected chi connectivity index (χ0v) is 22.1. The molecule has 0 heterocycles. The third-order valence-electron chi connectivity index (χ3n) is 6.04. The molecule has 0 unspecified atom stereocenters. The highest BCUT2D eigenvalue weighted by atomic mass is 32.2. The van der Waals surface area contributed by atoms with E-state index < -0.39 is 28.1 Å². The first-order valence-corrected chi connectivity index (χ1v) is 14.1. The lowest BCUT2D eigenvalue weighted by molar-refractivity contribution is -0.146. The Morgan fingerprint density at radius 1 is 0.667 bits per heavy atom. The van der Waals surface area contributed by atoms with Crippen LogP contribution < -0.4 is 10.0 Å². The second-order valence-electron chi connectivity index (χ2n) is 9.03. The molecule has 7 nitrogen and oxygen atoms in total. The second-order valence-corrected chi connectivity index (χ2v) is 10.7. The first-order chi connectivity index (χ1) is 18.9. The normalized spacial score (nSPS) is 12.7. The number of amides is 1. The van der Waals surface area contributed by atoms with Gasteiger partial charge in [0.1, 0.15) is 12.6 Å². The van der Waals surface area contributed by atoms with Crippen molar-refractivity contribution in [3.05, 3.63) is 138 Å². The first kappa shape index (κ1) is 27.8. The van der Waals surface area contributed by atoms with Crippen LogP contribution in [0, 0.1) is 0 Å². The fourth-order valence-electron chi connectivity index (χ4n) is 4.07. The summed E-state index contributed by atoms with van der Waals surface area (Å²) in [6.45, 7) is -0.134. The van der Waals surface area contributed by atoms with Gasteiger partial charge in [0, 0.05) is 5.56 Å². The fraction of sp³-hybridized carbons (Fsp3) is 0.161. The van der Waals surface area contributed by atoms with Gasteiger partial charge >= 0.3 is 5.97 Å². The van der Waals surface area contributed by atoms with Crippen LogP contribution >= 0.6 is 0 Å². The van der Waals surface area contributed by atoms with Gasteiger partial charge in [0.15, 0.2) is 0 Å². The number of sulfonamides is 1. The topological polar surface area (TPSA) is 102 Å². The zero-order valence-electron chi connectivity index (χ0n) is 21.3. The van der Waals surface area contributed by atoms with E-state index in [0.29, 0.717) is 12.0 Å². The summed E-state index contributed by atoms with van der Waals surface area (Å²) in [7, 11) is -3.99. The monoisotopic (exact) mass is 542 g/mol. The van der Waals surface area contributed by atoms with Crippen molar-refractivity contribution in [1.82, 2.24) is 10.0 Å². The van der Waals surface area contributed by atoms with E-state index >= 15 is 0 Å². The molecule has 2 N–H and O–H groups in total. The van der Waals surface area contributed by atoms with Crippen LogP contribution in [0.2, 0.25) is 0 Å². The van der Waals surface area contributed by atoms with E-state index in [1.807, 2.05) is 66.7 Å². The zero-order chi connectivity index (χ0) is 27.5. The van der Waals surface area contributed by atoms with Crippen molar-refractivity contribution in [2.45, 2.75) is 29.8 Å². The summed E-state index contributed by atoms with van der Waals surface area (Å²) in [5, 5.41) is 2.95. The standard InChI is InChI=1S/C31H30N2O5S/c34-30(26-17-9-3-10-18-26)32-27(21-24-13-5-1-6-14-24)23-38-31(35)29(22-25-15-7-2-8-16-25)33-39(36,37)28-19-11-4-12-20-28/h1-20,27,29,33H,21-23H2,(H,32,34)/t27-,29+/m1/s1. The lowest BCUT2D eigenvalue weighted by Gasteiger charge is -2.22. The molecule has 0 aliphatic heterocycles. The highest BCUT2D eigenvalue weighted by Crippen LogP contribution is 2.13. The number of carbonyl (C=O) groups excluding carboxylic acids is 2. The number of nitrogens with one attached hydrogen (secondary N) is 2. The number of carbonyl (C=O) groups is 2. The highest BCUT2D eigenvalue weighted by Gasteiger charge is 2.28. The highest BCUT2D eigenvalue weighted by molar-refractivity contribution is 7.89. The van der Waals surface area contributed by atoms with Gasteiger partial charge < -0.3 is 10.1 Å². The van der Waals surface area contributed by atoms with Crippen LogP contribution in [0.3, 0.4) is 0 Å². The van der Waals surface area contributed by atoms with Crippen molar-refractivity contribution >= 4 is 21.9 Å². The maximum absolute atomic E-state index is 13.3. The number of rotatable bonds is 12. The van der Waals surface area contributed by atoms with E-state index in [1.165, 1.54) is 12.1 Å². The molecule has 0 bridgehead atoms. The average Bonchev–Trinajstić information content (AvgIpc) is 2.97. The quantitative estimate of drug-likeness (QED) is 0.262. The molecule has 0 spiro atoms. The molecule has 39 heavy (non-hydrogen) atoms. The van der Waals surface area contributed by atoms with E-state index in [-0.39, 0.29) is 23.8 Å². The van der Waals surface area contributed by atoms with Gasteiger partial charge in [-0.15, -0.1) is 0 Å². The van der Waals surface area contributed by atoms with Gasteiger partial charge in [-0.3, -0.25) is 9.59 Å². The van der Waals surface area contributed by atoms with Crippen molar-refractivity contribution in [2.24, 2.45) is 0 Å². The number of benzene rings is 4. The molecular weight excluding hydrogens is 512 g/mol. The fourth-order valence-corrected chi connectivity index (χ4v) is 5.28. The SMILES string of the molecule is O=C(N[C@@H](COC(=O)[C@H](Cc1ccccc1)NS(=O)(=O)c1ccccc1)Cc1ccccc1)c1ccccc1. The molecule has 4 aromatic rings. The van der Waals surface area contributed by atoms with E-state index in [0.717, 1.165) is 11.1 Å². The Morgan fingerprint density at radius 2 is 1.15 bits per heavy atom. The molecule has 0 radical (unpaired) electrons. The molecule has 2 atom stereocenters. The third kappa shape index (κ3) is 8.36. The van der Waals surface area contributed by atoms with Gasteiger partial charge in [0.25, 0.3) is 5.91 Å². The minimum Gasteiger partial charge on any atom is -0.462 e. The molecule has 0 aliphatic rings. The predicted molar refractivity (Wildman–Crippen MR) is 149 cm³/mol. The Morgan fingerprint density at radius 3 is 1.72 bits per heavy atom. The molecule has 200 valence electrons. The number of hydrogen-bond acceptors (Lipinski definition) is 5. The summed E-state index contributed by atoms with van der Waals surface area (Å²) >= 11 is 0. The van der Waals surface area contributed by atoms with Crippen LogP contribution in [-0.4, -0.2) is 39.0 Å². The Labute approximate surface area is 228 Å². The van der Waals surface area contributed by atoms with Gasteiger partial charge in [-0.25, -0.2) is 8.42 Å². The third-order valence-corrected chi connectivity index (χ3v) is 7.53. The van der Waals surface area contributed by atoms with E-state index in [9.17, 15) is 18.0 Å². The van der Waals surface area contributed by atoms with Crippen LogP contribution in [0.15, 0.2) is 126 Å². The second kappa shape index (κ2) is 13.5. The van der Waals surface area contributed by atoms with Gasteiger partial charge in [0.2, 0.25) is 10.0 Å². The number of esters is 1. The Kier molecular flexibility index (Phi) is 9.61. The minimum absolute atomic E-state index is 0.0490. The van der Waals surface area contributed by atoms with E-state index in [1.54, 1.807) is 42.5 Å². The molecule has 0 aromatic heterocycles. The molecule has 1 amide bonds. The van der Waals surface area contributed by atoms with Gasteiger partial charge in [-0.1, -0.05) is 97.1 Å². The maximum Gasteiger partial charge on any atom is 0.324 e. The summed E-state index contributed by atoms with van der Waals surface area (Å²) in [6, 6.07) is 33.6. The van der Waals surface area contributed by atoms with Crippen LogP contribution in [0.1, 0.15) is 21.5 Å². The lowest BCUT2D eigenvalue weighted by Crippen LogP contribution is -2.46. The summed E-state index contributed by atoms with van der Waals surface area (Å²) < 4.78 is 34.2. The lowest BCUT2D eigenvalue weighted by atomic mass is 10.1. The van der Waals surface area contributed by atoms with Gasteiger partial charge in [-0.05, 0) is 48.2 Å². The van der Waals surface area contributed by atoms with Crippen molar-refractivity contribution in [3.8, 4) is 0 Å². The van der Waals surface area contributed by atoms with Crippen LogP contribution in [0.25, 0.3) is 0 Å². The summed E-state index contributed by atoms with van der Waals surface area (Å²) in [4.78, 5) is 26.2. The molecule has 4 rings (SSSR count). The van der Waals surface area contributed by atoms with Crippen molar-refractivity contribution in [1.29, 1.82) is 0 Å². The van der Waals surface area contributed by atoms with Crippen LogP contribution in [-0.2, 0) is 32.4 Å². The Bertz CT molecular complexity index is 1450. The van der Waals surface area contributed by atoms with Crippen molar-refractivity contribution in [3.63, 3.8) is 0 Å². The average molecular weight is 543 g/mol. The van der Waals surface area contributed by atoms with Crippen LogP contribution in [0.4, 0.5) is 0 Å². The molecule has 4 aromatic carbocycles. The summed E-state index contributed by atoms with van der Waals surface area (Å²) in [6.07, 6.45) is 0.525. The molecule has 0 saturated carbocycles. The van der Waals surface area contributed by atoms with Crippen molar-refractivity contribution < 1.29 is 22.7 Å². The van der Waals surface area contributed by atoms with Gasteiger partial charge in [0.05, 0.1) is 10.9 Å². The summed E-state index contributed by atoms with van der Waals surface area (Å²) in [5.41, 5.74) is 2.21. The molecule has 0 fully saturated rings. The van der Waals surface area contributed by atoms with Crippen LogP contribution in [0.5, 0.6) is 0 Å². The molecule has 0 aliphatic carbocycles. The molecule has 8 heteroatoms. The molecular formula is C31H30N2O5S.